The summed E-state index contributed by atoms with van der Waals surface area (Å²) >= 11 is 0. The average molecular weight is 218 g/mol. The van der Waals surface area contributed by atoms with Crippen molar-refractivity contribution in [2.24, 2.45) is 12.8 Å². The van der Waals surface area contributed by atoms with Gasteiger partial charge in [-0.1, -0.05) is 12.1 Å². The van der Waals surface area contributed by atoms with Crippen molar-refractivity contribution < 1.29 is 4.74 Å². The molecule has 2 aromatic rings. The largest absolute Gasteiger partial charge is 0.497 e. The smallest absolute Gasteiger partial charge is 0.171 e. The first-order valence-electron chi connectivity index (χ1n) is 4.96. The van der Waals surface area contributed by atoms with E-state index in [0.29, 0.717) is 5.82 Å². The maximum absolute atomic E-state index is 6.06. The standard InChI is InChI=1S/C11H14N4O/c1-15-7-13-11(14-15)10(12)8-4-3-5-9(6-8)16-2/h3-7,10H,12H2,1-2H3/t10-/m1/s1. The minimum atomic E-state index is -0.323. The Morgan fingerprint density at radius 2 is 2.25 bits per heavy atom. The molecule has 0 spiro atoms. The van der Waals surface area contributed by atoms with E-state index in [2.05, 4.69) is 10.1 Å². The normalized spacial score (nSPS) is 12.4. The lowest BCUT2D eigenvalue weighted by Gasteiger charge is -2.09. The SMILES string of the molecule is COc1cccc([C@@H](N)c2ncn(C)n2)c1. The summed E-state index contributed by atoms with van der Waals surface area (Å²) in [6.45, 7) is 0. The molecule has 1 atom stereocenters. The van der Waals surface area contributed by atoms with Crippen LogP contribution in [-0.4, -0.2) is 21.9 Å². The summed E-state index contributed by atoms with van der Waals surface area (Å²) in [6, 6.07) is 7.28. The molecule has 0 fully saturated rings. The predicted molar refractivity (Wildman–Crippen MR) is 60.0 cm³/mol. The molecule has 0 aliphatic heterocycles. The fourth-order valence-corrected chi connectivity index (χ4v) is 1.48. The van der Waals surface area contributed by atoms with Gasteiger partial charge in [-0.05, 0) is 17.7 Å². The lowest BCUT2D eigenvalue weighted by atomic mass is 10.1. The topological polar surface area (TPSA) is 66.0 Å². The summed E-state index contributed by atoms with van der Waals surface area (Å²) in [5, 5.41) is 4.18. The number of hydrogen-bond donors (Lipinski definition) is 1. The number of nitrogens with two attached hydrogens (primary N) is 1. The predicted octanol–water partition coefficient (Wildman–Crippen LogP) is 0.872. The van der Waals surface area contributed by atoms with Gasteiger partial charge in [-0.25, -0.2) is 4.98 Å². The molecule has 5 heteroatoms. The van der Waals surface area contributed by atoms with Gasteiger partial charge in [0.05, 0.1) is 13.2 Å². The van der Waals surface area contributed by atoms with E-state index >= 15 is 0 Å². The van der Waals surface area contributed by atoms with Crippen LogP contribution >= 0.6 is 0 Å². The number of aromatic nitrogens is 3. The van der Waals surface area contributed by atoms with Crippen LogP contribution in [0.15, 0.2) is 30.6 Å². The molecule has 2 rings (SSSR count). The number of aryl methyl sites for hydroxylation is 1. The van der Waals surface area contributed by atoms with Gasteiger partial charge >= 0.3 is 0 Å². The van der Waals surface area contributed by atoms with Gasteiger partial charge in [-0.2, -0.15) is 5.10 Å². The molecule has 0 radical (unpaired) electrons. The van der Waals surface area contributed by atoms with Crippen LogP contribution in [0.3, 0.4) is 0 Å². The van der Waals surface area contributed by atoms with Gasteiger partial charge in [0.15, 0.2) is 5.82 Å². The summed E-state index contributed by atoms with van der Waals surface area (Å²) in [5.74, 6) is 1.39. The molecule has 0 bridgehead atoms. The van der Waals surface area contributed by atoms with E-state index in [0.717, 1.165) is 11.3 Å². The van der Waals surface area contributed by atoms with E-state index < -0.39 is 0 Å². The Hall–Kier alpha value is -1.88. The van der Waals surface area contributed by atoms with Gasteiger partial charge in [0.1, 0.15) is 12.1 Å². The van der Waals surface area contributed by atoms with Crippen molar-refractivity contribution in [3.63, 3.8) is 0 Å². The lowest BCUT2D eigenvalue weighted by molar-refractivity contribution is 0.414. The molecule has 1 aromatic heterocycles. The summed E-state index contributed by atoms with van der Waals surface area (Å²) in [7, 11) is 3.44. The summed E-state index contributed by atoms with van der Waals surface area (Å²) in [6.07, 6.45) is 1.63. The van der Waals surface area contributed by atoms with Crippen molar-refractivity contribution in [3.05, 3.63) is 42.0 Å². The Labute approximate surface area is 93.9 Å². The Kier molecular flexibility index (Phi) is 2.87. The third-order valence-corrected chi connectivity index (χ3v) is 2.35. The molecule has 16 heavy (non-hydrogen) atoms. The van der Waals surface area contributed by atoms with Crippen LogP contribution in [0, 0.1) is 0 Å². The van der Waals surface area contributed by atoms with Crippen LogP contribution in [0.5, 0.6) is 5.75 Å². The summed E-state index contributed by atoms with van der Waals surface area (Å²) < 4.78 is 6.78. The molecule has 0 saturated carbocycles. The Balaban J connectivity index is 2.29. The van der Waals surface area contributed by atoms with Crippen LogP contribution in [0.4, 0.5) is 0 Å². The second kappa shape index (κ2) is 4.32. The number of ether oxygens (including phenoxy) is 1. The molecule has 0 unspecified atom stereocenters. The van der Waals surface area contributed by atoms with Crippen LogP contribution in [0.1, 0.15) is 17.4 Å². The van der Waals surface area contributed by atoms with Gasteiger partial charge in [-0.15, -0.1) is 0 Å². The van der Waals surface area contributed by atoms with Crippen LogP contribution in [0.25, 0.3) is 0 Å². The number of hydrogen-bond acceptors (Lipinski definition) is 4. The average Bonchev–Trinajstić information content (AvgIpc) is 2.75. The first kappa shape index (κ1) is 10.6. The minimum absolute atomic E-state index is 0.323. The summed E-state index contributed by atoms with van der Waals surface area (Å²) in [5.41, 5.74) is 7.00. The van der Waals surface area contributed by atoms with Gasteiger partial charge in [0.25, 0.3) is 0 Å². The molecule has 0 saturated heterocycles. The molecule has 1 aromatic carbocycles. The van der Waals surface area contributed by atoms with Crippen LogP contribution in [0.2, 0.25) is 0 Å². The zero-order chi connectivity index (χ0) is 11.5. The highest BCUT2D eigenvalue weighted by atomic mass is 16.5. The number of rotatable bonds is 3. The van der Waals surface area contributed by atoms with Crippen molar-refractivity contribution >= 4 is 0 Å². The fraction of sp³-hybridized carbons (Fsp3) is 0.273. The van der Waals surface area contributed by atoms with E-state index in [4.69, 9.17) is 10.5 Å². The van der Waals surface area contributed by atoms with Crippen molar-refractivity contribution in [2.75, 3.05) is 7.11 Å². The molecule has 2 N–H and O–H groups in total. The van der Waals surface area contributed by atoms with E-state index in [1.54, 1.807) is 18.1 Å². The highest BCUT2D eigenvalue weighted by molar-refractivity contribution is 5.32. The Morgan fingerprint density at radius 1 is 1.44 bits per heavy atom. The zero-order valence-corrected chi connectivity index (χ0v) is 9.29. The molecular formula is C11H14N4O. The second-order valence-corrected chi connectivity index (χ2v) is 3.53. The van der Waals surface area contributed by atoms with Crippen LogP contribution in [-0.2, 0) is 7.05 Å². The third kappa shape index (κ3) is 2.04. The quantitative estimate of drug-likeness (QED) is 0.830. The highest BCUT2D eigenvalue weighted by Crippen LogP contribution is 2.20. The Morgan fingerprint density at radius 3 is 2.88 bits per heavy atom. The van der Waals surface area contributed by atoms with Gasteiger partial charge in [-0.3, -0.25) is 4.68 Å². The molecule has 5 nitrogen and oxygen atoms in total. The van der Waals surface area contributed by atoms with Crippen molar-refractivity contribution in [3.8, 4) is 5.75 Å². The highest BCUT2D eigenvalue weighted by Gasteiger charge is 2.13. The van der Waals surface area contributed by atoms with E-state index in [1.807, 2.05) is 31.3 Å². The third-order valence-electron chi connectivity index (χ3n) is 2.35. The maximum atomic E-state index is 6.06. The lowest BCUT2D eigenvalue weighted by Crippen LogP contribution is -2.14. The fourth-order valence-electron chi connectivity index (χ4n) is 1.48. The van der Waals surface area contributed by atoms with E-state index in [-0.39, 0.29) is 6.04 Å². The maximum Gasteiger partial charge on any atom is 0.171 e. The number of methoxy groups -OCH3 is 1. The number of nitrogens with zero attached hydrogens (tertiary/aromatic N) is 3. The first-order valence-corrected chi connectivity index (χ1v) is 4.96. The van der Waals surface area contributed by atoms with Gasteiger partial charge in [0.2, 0.25) is 0 Å². The van der Waals surface area contributed by atoms with Crippen molar-refractivity contribution in [2.45, 2.75) is 6.04 Å². The van der Waals surface area contributed by atoms with E-state index in [9.17, 15) is 0 Å². The van der Waals surface area contributed by atoms with E-state index in [1.165, 1.54) is 0 Å². The molecular weight excluding hydrogens is 204 g/mol. The first-order chi connectivity index (χ1) is 7.70. The molecule has 0 amide bonds. The van der Waals surface area contributed by atoms with Crippen molar-refractivity contribution in [1.29, 1.82) is 0 Å². The minimum Gasteiger partial charge on any atom is -0.497 e. The zero-order valence-electron chi connectivity index (χ0n) is 9.29. The summed E-state index contributed by atoms with van der Waals surface area (Å²) in [4.78, 5) is 4.13. The second-order valence-electron chi connectivity index (χ2n) is 3.53. The number of benzene rings is 1. The molecule has 1 heterocycles. The molecule has 84 valence electrons. The van der Waals surface area contributed by atoms with Crippen molar-refractivity contribution in [1.82, 2.24) is 14.8 Å². The van der Waals surface area contributed by atoms with Crippen LogP contribution < -0.4 is 10.5 Å². The molecule has 0 aliphatic carbocycles. The molecule has 0 aliphatic rings. The Bertz CT molecular complexity index is 480. The van der Waals surface area contributed by atoms with Gasteiger partial charge in [0, 0.05) is 7.05 Å². The monoisotopic (exact) mass is 218 g/mol. The van der Waals surface area contributed by atoms with Gasteiger partial charge < -0.3 is 10.5 Å².